The molecule has 0 amide bonds. The molecule has 0 aliphatic heterocycles. The minimum atomic E-state index is -0.758. The molecule has 2 atom stereocenters. The van der Waals surface area contributed by atoms with E-state index in [2.05, 4.69) is 27.7 Å². The van der Waals surface area contributed by atoms with E-state index in [-0.39, 0.29) is 31.1 Å². The third kappa shape index (κ3) is 29.1. The third-order valence-electron chi connectivity index (χ3n) is 8.53. The minimum absolute atomic E-state index is 0.0673. The van der Waals surface area contributed by atoms with Crippen LogP contribution in [0.2, 0.25) is 0 Å². The molecule has 0 aromatic carbocycles. The van der Waals surface area contributed by atoms with Crippen molar-refractivity contribution in [1.82, 2.24) is 0 Å². The number of ether oxygens (including phenoxy) is 3. The predicted octanol–water partition coefficient (Wildman–Crippen LogP) is 11.2. The Morgan fingerprint density at radius 1 is 0.409 bits per heavy atom. The summed E-state index contributed by atoms with van der Waals surface area (Å²) in [6, 6.07) is 0. The van der Waals surface area contributed by atoms with Crippen molar-refractivity contribution in [3.05, 3.63) is 0 Å². The van der Waals surface area contributed by atoms with Crippen molar-refractivity contribution in [1.29, 1.82) is 0 Å². The van der Waals surface area contributed by atoms with Crippen LogP contribution in [0.3, 0.4) is 0 Å². The van der Waals surface area contributed by atoms with Crippen molar-refractivity contribution in [2.75, 3.05) is 13.2 Å². The maximum Gasteiger partial charge on any atom is 0.306 e. The van der Waals surface area contributed by atoms with Crippen molar-refractivity contribution in [2.45, 2.75) is 207 Å². The summed E-state index contributed by atoms with van der Waals surface area (Å²) in [4.78, 5) is 37.4. The Balaban J connectivity index is 4.53. The number of esters is 3. The Kier molecular flexibility index (Phi) is 31.6. The molecule has 0 saturated carbocycles. The SMILES string of the molecule is CCCCCCCCCC(=O)OCC(COC(=O)CCCCC(CCC)CCCCCC)OC(=O)CCCCCCCCC. The van der Waals surface area contributed by atoms with Gasteiger partial charge in [-0.25, -0.2) is 0 Å². The summed E-state index contributed by atoms with van der Waals surface area (Å²) in [6.07, 6.45) is 28.1. The van der Waals surface area contributed by atoms with Gasteiger partial charge in [0, 0.05) is 19.3 Å². The Hall–Kier alpha value is -1.59. The van der Waals surface area contributed by atoms with Gasteiger partial charge in [0.05, 0.1) is 0 Å². The van der Waals surface area contributed by atoms with Crippen LogP contribution in [0, 0.1) is 5.92 Å². The molecule has 0 aromatic rings. The van der Waals surface area contributed by atoms with Crippen LogP contribution < -0.4 is 0 Å². The molecular formula is C38H72O6. The Morgan fingerprint density at radius 2 is 0.773 bits per heavy atom. The third-order valence-corrected chi connectivity index (χ3v) is 8.53. The molecule has 0 aromatic heterocycles. The second kappa shape index (κ2) is 32.8. The summed E-state index contributed by atoms with van der Waals surface area (Å²) in [5.41, 5.74) is 0. The summed E-state index contributed by atoms with van der Waals surface area (Å²) in [5.74, 6) is -0.121. The smallest absolute Gasteiger partial charge is 0.306 e. The normalized spacial score (nSPS) is 12.5. The number of carbonyl (C=O) groups is 3. The van der Waals surface area contributed by atoms with Gasteiger partial charge in [0.15, 0.2) is 6.10 Å². The van der Waals surface area contributed by atoms with Crippen LogP contribution in [-0.2, 0) is 28.6 Å². The van der Waals surface area contributed by atoms with Crippen molar-refractivity contribution in [2.24, 2.45) is 5.92 Å². The second-order valence-electron chi connectivity index (χ2n) is 13.0. The average Bonchev–Trinajstić information content (AvgIpc) is 3.01. The second-order valence-corrected chi connectivity index (χ2v) is 13.0. The van der Waals surface area contributed by atoms with E-state index >= 15 is 0 Å². The van der Waals surface area contributed by atoms with Crippen molar-refractivity contribution in [3.8, 4) is 0 Å². The number of unbranched alkanes of at least 4 members (excludes halogenated alkanes) is 16. The summed E-state index contributed by atoms with van der Waals surface area (Å²) >= 11 is 0. The van der Waals surface area contributed by atoms with Gasteiger partial charge >= 0.3 is 17.9 Å². The maximum atomic E-state index is 12.5. The molecule has 0 aliphatic rings. The fourth-order valence-electron chi connectivity index (χ4n) is 5.73. The first-order valence-corrected chi connectivity index (χ1v) is 19.0. The van der Waals surface area contributed by atoms with Crippen LogP contribution in [0.1, 0.15) is 201 Å². The topological polar surface area (TPSA) is 78.9 Å². The zero-order valence-corrected chi connectivity index (χ0v) is 29.6. The van der Waals surface area contributed by atoms with Crippen molar-refractivity contribution < 1.29 is 28.6 Å². The van der Waals surface area contributed by atoms with Gasteiger partial charge in [-0.1, -0.05) is 163 Å². The number of hydrogen-bond acceptors (Lipinski definition) is 6. The standard InChI is InChI=1S/C38H72O6/c1-5-9-12-15-17-19-22-29-36(39)42-32-35(44-38(41)31-23-20-18-16-13-10-6-2)33-43-37(40)30-25-24-28-34(26-8-4)27-21-14-11-7-3/h34-35H,5-33H2,1-4H3. The van der Waals surface area contributed by atoms with Crippen LogP contribution in [0.5, 0.6) is 0 Å². The summed E-state index contributed by atoms with van der Waals surface area (Å²) in [6.45, 7) is 8.77. The van der Waals surface area contributed by atoms with Crippen LogP contribution in [-0.4, -0.2) is 37.2 Å². The van der Waals surface area contributed by atoms with Crippen LogP contribution >= 0.6 is 0 Å². The first-order chi connectivity index (χ1) is 21.5. The molecule has 0 N–H and O–H groups in total. The zero-order chi connectivity index (χ0) is 32.5. The fraction of sp³-hybridized carbons (Fsp3) is 0.921. The molecule has 2 unspecified atom stereocenters. The van der Waals surface area contributed by atoms with E-state index in [9.17, 15) is 14.4 Å². The Bertz CT molecular complexity index is 664. The summed E-state index contributed by atoms with van der Waals surface area (Å²) in [5, 5.41) is 0. The lowest BCUT2D eigenvalue weighted by molar-refractivity contribution is -0.167. The lowest BCUT2D eigenvalue weighted by Crippen LogP contribution is -2.30. The van der Waals surface area contributed by atoms with Crippen LogP contribution in [0.15, 0.2) is 0 Å². The van der Waals surface area contributed by atoms with Gasteiger partial charge in [-0.15, -0.1) is 0 Å². The summed E-state index contributed by atoms with van der Waals surface area (Å²) < 4.78 is 16.6. The van der Waals surface area contributed by atoms with Gasteiger partial charge in [-0.2, -0.15) is 0 Å². The first kappa shape index (κ1) is 42.4. The van der Waals surface area contributed by atoms with E-state index in [0.717, 1.165) is 57.3 Å². The van der Waals surface area contributed by atoms with Crippen molar-refractivity contribution >= 4 is 17.9 Å². The molecular weight excluding hydrogens is 552 g/mol. The molecule has 6 heteroatoms. The molecule has 260 valence electrons. The molecule has 0 saturated heterocycles. The molecule has 0 fully saturated rings. The van der Waals surface area contributed by atoms with E-state index < -0.39 is 6.10 Å². The lowest BCUT2D eigenvalue weighted by Gasteiger charge is -2.18. The van der Waals surface area contributed by atoms with E-state index in [0.29, 0.717) is 19.3 Å². The molecule has 0 radical (unpaired) electrons. The van der Waals surface area contributed by atoms with E-state index in [1.54, 1.807) is 0 Å². The lowest BCUT2D eigenvalue weighted by atomic mass is 9.91. The first-order valence-electron chi connectivity index (χ1n) is 19.0. The van der Waals surface area contributed by atoms with E-state index in [1.165, 1.54) is 103 Å². The van der Waals surface area contributed by atoms with Gasteiger partial charge in [0.2, 0.25) is 0 Å². The highest BCUT2D eigenvalue weighted by Crippen LogP contribution is 2.22. The zero-order valence-electron chi connectivity index (χ0n) is 29.6. The number of carbonyl (C=O) groups excluding carboxylic acids is 3. The fourth-order valence-corrected chi connectivity index (χ4v) is 5.73. The number of rotatable bonds is 33. The van der Waals surface area contributed by atoms with Gasteiger partial charge in [0.25, 0.3) is 0 Å². The molecule has 0 bridgehead atoms. The maximum absolute atomic E-state index is 12.5. The van der Waals surface area contributed by atoms with Gasteiger partial charge in [0.1, 0.15) is 13.2 Å². The van der Waals surface area contributed by atoms with E-state index in [1.807, 2.05) is 0 Å². The molecule has 44 heavy (non-hydrogen) atoms. The summed E-state index contributed by atoms with van der Waals surface area (Å²) in [7, 11) is 0. The molecule has 0 heterocycles. The Labute approximate surface area is 272 Å². The number of hydrogen-bond donors (Lipinski definition) is 0. The molecule has 6 nitrogen and oxygen atoms in total. The largest absolute Gasteiger partial charge is 0.462 e. The highest BCUT2D eigenvalue weighted by molar-refractivity contribution is 5.71. The van der Waals surface area contributed by atoms with Gasteiger partial charge in [-0.05, 0) is 25.2 Å². The average molecular weight is 625 g/mol. The van der Waals surface area contributed by atoms with Crippen LogP contribution in [0.25, 0.3) is 0 Å². The monoisotopic (exact) mass is 625 g/mol. The highest BCUT2D eigenvalue weighted by atomic mass is 16.6. The molecule has 0 spiro atoms. The van der Waals surface area contributed by atoms with Crippen molar-refractivity contribution in [3.63, 3.8) is 0 Å². The van der Waals surface area contributed by atoms with Crippen LogP contribution in [0.4, 0.5) is 0 Å². The Morgan fingerprint density at radius 3 is 1.23 bits per heavy atom. The quantitative estimate of drug-likeness (QED) is 0.0410. The van der Waals surface area contributed by atoms with Gasteiger partial charge < -0.3 is 14.2 Å². The molecule has 0 aliphatic carbocycles. The van der Waals surface area contributed by atoms with Gasteiger partial charge in [-0.3, -0.25) is 14.4 Å². The molecule has 0 rings (SSSR count). The highest BCUT2D eigenvalue weighted by Gasteiger charge is 2.19. The predicted molar refractivity (Wildman–Crippen MR) is 183 cm³/mol. The van der Waals surface area contributed by atoms with E-state index in [4.69, 9.17) is 14.2 Å². The minimum Gasteiger partial charge on any atom is -0.462 e.